The van der Waals surface area contributed by atoms with E-state index in [9.17, 15) is 9.59 Å². The van der Waals surface area contributed by atoms with Crippen LogP contribution in [0.15, 0.2) is 40.9 Å². The summed E-state index contributed by atoms with van der Waals surface area (Å²) in [6.07, 6.45) is 0.371. The molecule has 1 N–H and O–H groups in total. The van der Waals surface area contributed by atoms with Crippen molar-refractivity contribution in [1.29, 1.82) is 0 Å². The minimum absolute atomic E-state index is 0.0634. The molecule has 2 atom stereocenters. The molecule has 1 aliphatic heterocycles. The zero-order valence-electron chi connectivity index (χ0n) is 13.2. The number of carbonyl (C=O) groups is 2. The summed E-state index contributed by atoms with van der Waals surface area (Å²) < 4.78 is 6.31. The molecule has 0 aromatic heterocycles. The van der Waals surface area contributed by atoms with Crippen LogP contribution in [0.3, 0.4) is 0 Å². The number of carboxylic acids is 1. The minimum Gasteiger partial charge on any atom is -0.481 e. The van der Waals surface area contributed by atoms with E-state index in [0.717, 1.165) is 15.2 Å². The molecule has 6 heteroatoms. The molecule has 0 spiro atoms. The molecule has 2 unspecified atom stereocenters. The zero-order valence-corrected chi connectivity index (χ0v) is 14.8. The summed E-state index contributed by atoms with van der Waals surface area (Å²) in [5, 5.41) is 11.1. The average Bonchev–Trinajstić information content (AvgIpc) is 2.95. The van der Waals surface area contributed by atoms with Crippen LogP contribution in [0.5, 0.6) is 0 Å². The van der Waals surface area contributed by atoms with Gasteiger partial charge in [0.1, 0.15) is 0 Å². The first-order valence-electron chi connectivity index (χ1n) is 7.73. The van der Waals surface area contributed by atoms with E-state index in [2.05, 4.69) is 15.9 Å². The van der Waals surface area contributed by atoms with Gasteiger partial charge in [0, 0.05) is 29.7 Å². The SMILES string of the molecule is COC1CC(CC(=O)O)N(C(=O)c2ccc3cc(Br)ccc3c2)C1. The number of carboxylic acid groups (broad SMARTS) is 1. The van der Waals surface area contributed by atoms with Crippen molar-refractivity contribution in [3.63, 3.8) is 0 Å². The van der Waals surface area contributed by atoms with Crippen molar-refractivity contribution in [2.75, 3.05) is 13.7 Å². The molecule has 24 heavy (non-hydrogen) atoms. The summed E-state index contributed by atoms with van der Waals surface area (Å²) in [6, 6.07) is 11.1. The van der Waals surface area contributed by atoms with Gasteiger partial charge in [0.15, 0.2) is 0 Å². The molecule has 5 nitrogen and oxygen atoms in total. The molecule has 1 fully saturated rings. The van der Waals surface area contributed by atoms with Gasteiger partial charge in [0.2, 0.25) is 0 Å². The van der Waals surface area contributed by atoms with E-state index >= 15 is 0 Å². The first-order valence-corrected chi connectivity index (χ1v) is 8.52. The lowest BCUT2D eigenvalue weighted by Crippen LogP contribution is -2.37. The van der Waals surface area contributed by atoms with Crippen molar-refractivity contribution in [3.8, 4) is 0 Å². The van der Waals surface area contributed by atoms with Gasteiger partial charge >= 0.3 is 5.97 Å². The van der Waals surface area contributed by atoms with E-state index in [1.165, 1.54) is 0 Å². The molecule has 1 saturated heterocycles. The number of hydrogen-bond donors (Lipinski definition) is 1. The van der Waals surface area contributed by atoms with E-state index in [4.69, 9.17) is 9.84 Å². The minimum atomic E-state index is -0.905. The second-order valence-corrected chi connectivity index (χ2v) is 6.92. The van der Waals surface area contributed by atoms with Gasteiger partial charge in [-0.2, -0.15) is 0 Å². The third-order valence-electron chi connectivity index (χ3n) is 4.43. The molecule has 0 saturated carbocycles. The summed E-state index contributed by atoms with van der Waals surface area (Å²) in [4.78, 5) is 25.6. The van der Waals surface area contributed by atoms with Gasteiger partial charge in [-0.05, 0) is 41.5 Å². The monoisotopic (exact) mass is 391 g/mol. The van der Waals surface area contributed by atoms with Crippen LogP contribution in [-0.4, -0.2) is 47.7 Å². The standard InChI is InChI=1S/C18H18BrNO4/c1-24-16-8-15(9-17(21)22)20(10-16)18(23)13-3-2-12-7-14(19)5-4-11(12)6-13/h2-7,15-16H,8-10H2,1H3,(H,21,22). The van der Waals surface area contributed by atoms with Gasteiger partial charge in [-0.3, -0.25) is 9.59 Å². The highest BCUT2D eigenvalue weighted by atomic mass is 79.9. The van der Waals surface area contributed by atoms with E-state index in [1.807, 2.05) is 30.3 Å². The molecule has 1 amide bonds. The fourth-order valence-corrected chi connectivity index (χ4v) is 3.58. The number of likely N-dealkylation sites (tertiary alicyclic amines) is 1. The first kappa shape index (κ1) is 16.9. The van der Waals surface area contributed by atoms with Gasteiger partial charge in [-0.15, -0.1) is 0 Å². The molecule has 3 rings (SSSR count). The number of carbonyl (C=O) groups excluding carboxylic acids is 1. The Bertz CT molecular complexity index is 792. The Morgan fingerprint density at radius 3 is 2.67 bits per heavy atom. The Balaban J connectivity index is 1.88. The van der Waals surface area contributed by atoms with Crippen LogP contribution in [0.1, 0.15) is 23.2 Å². The number of amides is 1. The third kappa shape index (κ3) is 3.44. The largest absolute Gasteiger partial charge is 0.481 e. The van der Waals surface area contributed by atoms with E-state index in [-0.39, 0.29) is 24.5 Å². The smallest absolute Gasteiger partial charge is 0.305 e. The van der Waals surface area contributed by atoms with Crippen LogP contribution in [0.2, 0.25) is 0 Å². The van der Waals surface area contributed by atoms with Gasteiger partial charge in [-0.1, -0.05) is 28.1 Å². The molecule has 126 valence electrons. The summed E-state index contributed by atoms with van der Waals surface area (Å²) in [7, 11) is 1.59. The van der Waals surface area contributed by atoms with Crippen LogP contribution in [0, 0.1) is 0 Å². The number of aliphatic carboxylic acids is 1. The number of ether oxygens (including phenoxy) is 1. The van der Waals surface area contributed by atoms with E-state index in [1.54, 1.807) is 18.1 Å². The number of halogens is 1. The number of benzene rings is 2. The van der Waals surface area contributed by atoms with Gasteiger partial charge in [-0.25, -0.2) is 0 Å². The van der Waals surface area contributed by atoms with Crippen LogP contribution in [-0.2, 0) is 9.53 Å². The first-order chi connectivity index (χ1) is 11.5. The molecule has 1 aliphatic rings. The second-order valence-electron chi connectivity index (χ2n) is 6.01. The Hall–Kier alpha value is -1.92. The molecule has 2 aromatic rings. The van der Waals surface area contributed by atoms with Crippen molar-refractivity contribution in [2.24, 2.45) is 0 Å². The van der Waals surface area contributed by atoms with Crippen molar-refractivity contribution >= 4 is 38.6 Å². The topological polar surface area (TPSA) is 66.8 Å². The highest BCUT2D eigenvalue weighted by molar-refractivity contribution is 9.10. The normalized spacial score (nSPS) is 20.5. The predicted molar refractivity (Wildman–Crippen MR) is 94.1 cm³/mol. The van der Waals surface area contributed by atoms with Crippen molar-refractivity contribution in [2.45, 2.75) is 25.0 Å². The molecular weight excluding hydrogens is 374 g/mol. The summed E-state index contributed by atoms with van der Waals surface area (Å²) >= 11 is 3.43. The van der Waals surface area contributed by atoms with Gasteiger partial charge in [0.05, 0.1) is 12.5 Å². The van der Waals surface area contributed by atoms with Crippen LogP contribution in [0.25, 0.3) is 10.8 Å². The third-order valence-corrected chi connectivity index (χ3v) is 4.92. The fourth-order valence-electron chi connectivity index (χ4n) is 3.20. The molecule has 0 aliphatic carbocycles. The van der Waals surface area contributed by atoms with Crippen LogP contribution < -0.4 is 0 Å². The van der Waals surface area contributed by atoms with Crippen molar-refractivity contribution in [3.05, 3.63) is 46.4 Å². The Labute approximate surface area is 148 Å². The summed E-state index contributed by atoms with van der Waals surface area (Å²) in [5.74, 6) is -1.05. The van der Waals surface area contributed by atoms with Gasteiger partial charge < -0.3 is 14.7 Å². The molecular formula is C18H18BrNO4. The number of methoxy groups -OCH3 is 1. The van der Waals surface area contributed by atoms with Gasteiger partial charge in [0.25, 0.3) is 5.91 Å². The maximum Gasteiger partial charge on any atom is 0.305 e. The van der Waals surface area contributed by atoms with Crippen molar-refractivity contribution in [1.82, 2.24) is 4.90 Å². The fraction of sp³-hybridized carbons (Fsp3) is 0.333. The maximum absolute atomic E-state index is 12.9. The van der Waals surface area contributed by atoms with Crippen LogP contribution >= 0.6 is 15.9 Å². The molecule has 0 bridgehead atoms. The number of nitrogens with zero attached hydrogens (tertiary/aromatic N) is 1. The zero-order chi connectivity index (χ0) is 17.3. The molecule has 1 heterocycles. The summed E-state index contributed by atoms with van der Waals surface area (Å²) in [5.41, 5.74) is 0.567. The maximum atomic E-state index is 12.9. The number of hydrogen-bond acceptors (Lipinski definition) is 3. The highest BCUT2D eigenvalue weighted by Gasteiger charge is 2.36. The Morgan fingerprint density at radius 1 is 1.25 bits per heavy atom. The highest BCUT2D eigenvalue weighted by Crippen LogP contribution is 2.27. The molecule has 0 radical (unpaired) electrons. The van der Waals surface area contributed by atoms with E-state index in [0.29, 0.717) is 18.5 Å². The molecule has 2 aromatic carbocycles. The Morgan fingerprint density at radius 2 is 1.96 bits per heavy atom. The Kier molecular flexibility index (Phi) is 4.87. The van der Waals surface area contributed by atoms with E-state index < -0.39 is 5.97 Å². The van der Waals surface area contributed by atoms with Crippen LogP contribution in [0.4, 0.5) is 0 Å². The lowest BCUT2D eigenvalue weighted by molar-refractivity contribution is -0.137. The second kappa shape index (κ2) is 6.91. The number of rotatable bonds is 4. The average molecular weight is 392 g/mol. The summed E-state index contributed by atoms with van der Waals surface area (Å²) in [6.45, 7) is 0.422. The predicted octanol–water partition coefficient (Wildman–Crippen LogP) is 3.31. The lowest BCUT2D eigenvalue weighted by Gasteiger charge is -2.23. The van der Waals surface area contributed by atoms with Crippen molar-refractivity contribution < 1.29 is 19.4 Å². The quantitative estimate of drug-likeness (QED) is 0.867. The lowest BCUT2D eigenvalue weighted by atomic mass is 10.1. The number of fused-ring (bicyclic) bond motifs is 1.